The number of pyridine rings is 1. The maximum atomic E-state index is 11.9. The van der Waals surface area contributed by atoms with Crippen LogP contribution in [0.4, 0.5) is 0 Å². The summed E-state index contributed by atoms with van der Waals surface area (Å²) >= 11 is 0. The molecular weight excluding hydrogens is 328 g/mol. The van der Waals surface area contributed by atoms with Gasteiger partial charge in [0.25, 0.3) is 5.91 Å². The summed E-state index contributed by atoms with van der Waals surface area (Å²) in [5.41, 5.74) is 4.25. The van der Waals surface area contributed by atoms with E-state index in [9.17, 15) is 4.79 Å². The van der Waals surface area contributed by atoms with Crippen LogP contribution in [-0.2, 0) is 0 Å². The maximum absolute atomic E-state index is 11.9. The van der Waals surface area contributed by atoms with Crippen molar-refractivity contribution in [3.05, 3.63) is 47.3 Å². The molecule has 0 bridgehead atoms. The quantitative estimate of drug-likeness (QED) is 0.764. The van der Waals surface area contributed by atoms with E-state index in [1.165, 1.54) is 0 Å². The smallest absolute Gasteiger partial charge is 0.251 e. The molecule has 2 aromatic heterocycles. The van der Waals surface area contributed by atoms with Crippen LogP contribution in [0.25, 0.3) is 16.6 Å². The van der Waals surface area contributed by atoms with E-state index < -0.39 is 0 Å². The molecule has 0 aliphatic rings. The van der Waals surface area contributed by atoms with Crippen molar-refractivity contribution in [2.45, 2.75) is 27.7 Å². The van der Waals surface area contributed by atoms with Gasteiger partial charge in [-0.25, -0.2) is 9.67 Å². The number of nitrogens with one attached hydrogen (secondary N) is 1. The Kier molecular flexibility index (Phi) is 4.93. The third-order valence-electron chi connectivity index (χ3n) is 4.17. The van der Waals surface area contributed by atoms with Gasteiger partial charge < -0.3 is 10.1 Å². The molecule has 1 amide bonds. The van der Waals surface area contributed by atoms with Crippen molar-refractivity contribution >= 4 is 16.8 Å². The Morgan fingerprint density at radius 1 is 1.27 bits per heavy atom. The van der Waals surface area contributed by atoms with E-state index in [0.29, 0.717) is 24.0 Å². The minimum atomic E-state index is -0.108. The molecule has 3 aromatic rings. The summed E-state index contributed by atoms with van der Waals surface area (Å²) in [4.78, 5) is 16.3. The molecule has 1 aromatic carbocycles. The first-order valence-electron chi connectivity index (χ1n) is 8.72. The normalized spacial score (nSPS) is 11.2. The first-order chi connectivity index (χ1) is 12.4. The van der Waals surface area contributed by atoms with Crippen molar-refractivity contribution in [2.24, 2.45) is 5.92 Å². The number of amides is 1. The monoisotopic (exact) mass is 352 g/mol. The molecule has 2 heterocycles. The summed E-state index contributed by atoms with van der Waals surface area (Å²) in [5.74, 6) is 0.990. The second-order valence-corrected chi connectivity index (χ2v) is 6.83. The van der Waals surface area contributed by atoms with E-state index in [0.717, 1.165) is 27.8 Å². The third-order valence-corrected chi connectivity index (χ3v) is 4.17. The highest BCUT2D eigenvalue weighted by Gasteiger charge is 2.13. The number of ether oxygens (including phenoxy) is 1. The standard InChI is InChI=1S/C20H24N4O2/c1-12(2)11-26-20-13(3)8-16(10-22-20)24-18-7-6-15(19(25)21-5)9-17(18)14(4)23-24/h6-10,12H,11H2,1-5H3,(H,21,25). The minimum Gasteiger partial charge on any atom is -0.477 e. The topological polar surface area (TPSA) is 69.0 Å². The second kappa shape index (κ2) is 7.15. The highest BCUT2D eigenvalue weighted by atomic mass is 16.5. The molecule has 6 heteroatoms. The summed E-state index contributed by atoms with van der Waals surface area (Å²) in [6, 6.07) is 7.60. The molecule has 0 spiro atoms. The van der Waals surface area contributed by atoms with E-state index in [-0.39, 0.29) is 5.91 Å². The van der Waals surface area contributed by atoms with E-state index in [4.69, 9.17) is 4.74 Å². The van der Waals surface area contributed by atoms with Crippen LogP contribution >= 0.6 is 0 Å². The zero-order valence-corrected chi connectivity index (χ0v) is 15.8. The fraction of sp³-hybridized carbons (Fsp3) is 0.350. The maximum Gasteiger partial charge on any atom is 0.251 e. The first kappa shape index (κ1) is 17.9. The molecule has 0 saturated heterocycles. The third kappa shape index (κ3) is 3.40. The van der Waals surface area contributed by atoms with Gasteiger partial charge in [-0.15, -0.1) is 0 Å². The first-order valence-corrected chi connectivity index (χ1v) is 8.72. The van der Waals surface area contributed by atoms with Gasteiger partial charge in [0, 0.05) is 23.6 Å². The zero-order valence-electron chi connectivity index (χ0n) is 15.8. The fourth-order valence-corrected chi connectivity index (χ4v) is 2.81. The van der Waals surface area contributed by atoms with Crippen LogP contribution in [0.1, 0.15) is 35.5 Å². The molecule has 0 atom stereocenters. The van der Waals surface area contributed by atoms with E-state index in [1.807, 2.05) is 36.7 Å². The van der Waals surface area contributed by atoms with Crippen molar-refractivity contribution in [2.75, 3.05) is 13.7 Å². The number of aryl methyl sites for hydroxylation is 2. The molecule has 0 saturated carbocycles. The van der Waals surface area contributed by atoms with Gasteiger partial charge in [-0.3, -0.25) is 4.79 Å². The molecule has 0 fully saturated rings. The Labute approximate surface area is 153 Å². The highest BCUT2D eigenvalue weighted by molar-refractivity contribution is 5.98. The number of hydrogen-bond acceptors (Lipinski definition) is 4. The predicted molar refractivity (Wildman–Crippen MR) is 102 cm³/mol. The second-order valence-electron chi connectivity index (χ2n) is 6.83. The SMILES string of the molecule is CNC(=O)c1ccc2c(c1)c(C)nn2-c1cnc(OCC(C)C)c(C)c1. The Bertz CT molecular complexity index is 960. The number of nitrogens with zero attached hydrogens (tertiary/aromatic N) is 3. The van der Waals surface area contributed by atoms with Gasteiger partial charge in [-0.1, -0.05) is 13.8 Å². The number of carbonyl (C=O) groups excluding carboxylic acids is 1. The summed E-state index contributed by atoms with van der Waals surface area (Å²) < 4.78 is 7.60. The van der Waals surface area contributed by atoms with Crippen LogP contribution < -0.4 is 10.1 Å². The Hall–Kier alpha value is -2.89. The van der Waals surface area contributed by atoms with E-state index >= 15 is 0 Å². The van der Waals surface area contributed by atoms with Crippen molar-refractivity contribution in [1.82, 2.24) is 20.1 Å². The molecular formula is C20H24N4O2. The lowest BCUT2D eigenvalue weighted by Crippen LogP contribution is -2.17. The van der Waals surface area contributed by atoms with Gasteiger partial charge in [-0.05, 0) is 44.0 Å². The molecule has 0 radical (unpaired) electrons. The molecule has 1 N–H and O–H groups in total. The molecule has 136 valence electrons. The summed E-state index contributed by atoms with van der Waals surface area (Å²) in [7, 11) is 1.63. The van der Waals surface area contributed by atoms with Crippen molar-refractivity contribution in [3.8, 4) is 11.6 Å². The van der Waals surface area contributed by atoms with Crippen LogP contribution in [-0.4, -0.2) is 34.3 Å². The molecule has 0 aliphatic heterocycles. The number of rotatable bonds is 5. The molecule has 26 heavy (non-hydrogen) atoms. The summed E-state index contributed by atoms with van der Waals surface area (Å²) in [5, 5.41) is 8.23. The lowest BCUT2D eigenvalue weighted by molar-refractivity contribution is 0.0963. The van der Waals surface area contributed by atoms with Crippen LogP contribution in [0.2, 0.25) is 0 Å². The molecule has 0 unspecified atom stereocenters. The molecule has 3 rings (SSSR count). The molecule has 6 nitrogen and oxygen atoms in total. The molecule has 0 aliphatic carbocycles. The number of carbonyl (C=O) groups is 1. The number of aromatic nitrogens is 3. The average Bonchev–Trinajstić information content (AvgIpc) is 2.96. The van der Waals surface area contributed by atoms with Gasteiger partial charge in [-0.2, -0.15) is 5.10 Å². The van der Waals surface area contributed by atoms with E-state index in [1.54, 1.807) is 19.3 Å². The predicted octanol–water partition coefficient (Wildman–Crippen LogP) is 3.43. The average molecular weight is 352 g/mol. The van der Waals surface area contributed by atoms with Gasteiger partial charge in [0.2, 0.25) is 5.88 Å². The number of fused-ring (bicyclic) bond motifs is 1. The zero-order chi connectivity index (χ0) is 18.8. The van der Waals surface area contributed by atoms with Crippen LogP contribution in [0.3, 0.4) is 0 Å². The lowest BCUT2D eigenvalue weighted by Gasteiger charge is -2.11. The van der Waals surface area contributed by atoms with E-state index in [2.05, 4.69) is 29.2 Å². The fourth-order valence-electron chi connectivity index (χ4n) is 2.81. The number of hydrogen-bond donors (Lipinski definition) is 1. The minimum absolute atomic E-state index is 0.108. The van der Waals surface area contributed by atoms with Crippen LogP contribution in [0, 0.1) is 19.8 Å². The highest BCUT2D eigenvalue weighted by Crippen LogP contribution is 2.25. The Morgan fingerprint density at radius 3 is 2.69 bits per heavy atom. The Balaban J connectivity index is 2.00. The van der Waals surface area contributed by atoms with Gasteiger partial charge >= 0.3 is 0 Å². The largest absolute Gasteiger partial charge is 0.477 e. The van der Waals surface area contributed by atoms with Crippen LogP contribution in [0.5, 0.6) is 5.88 Å². The summed E-state index contributed by atoms with van der Waals surface area (Å²) in [6.45, 7) is 8.77. The Morgan fingerprint density at radius 2 is 2.04 bits per heavy atom. The van der Waals surface area contributed by atoms with Crippen molar-refractivity contribution in [3.63, 3.8) is 0 Å². The van der Waals surface area contributed by atoms with Gasteiger partial charge in [0.15, 0.2) is 0 Å². The van der Waals surface area contributed by atoms with Gasteiger partial charge in [0.05, 0.1) is 29.7 Å². The lowest BCUT2D eigenvalue weighted by atomic mass is 10.1. The van der Waals surface area contributed by atoms with Crippen LogP contribution in [0.15, 0.2) is 30.5 Å². The summed E-state index contributed by atoms with van der Waals surface area (Å²) in [6.07, 6.45) is 1.77. The van der Waals surface area contributed by atoms with Crippen molar-refractivity contribution < 1.29 is 9.53 Å². The van der Waals surface area contributed by atoms with Gasteiger partial charge in [0.1, 0.15) is 0 Å². The van der Waals surface area contributed by atoms with Crippen molar-refractivity contribution in [1.29, 1.82) is 0 Å². The number of benzene rings is 1.